The molecular formula is C20H38O2. The molecule has 4 atom stereocenters. The van der Waals surface area contributed by atoms with Gasteiger partial charge in [-0.15, -0.1) is 13.2 Å². The number of hydrogen-bond donors (Lipinski definition) is 2. The van der Waals surface area contributed by atoms with Crippen LogP contribution in [0.2, 0.25) is 0 Å². The van der Waals surface area contributed by atoms with Gasteiger partial charge in [-0.3, -0.25) is 0 Å². The Bertz CT molecular complexity index is 266. The lowest BCUT2D eigenvalue weighted by Crippen LogP contribution is -2.23. The van der Waals surface area contributed by atoms with Crippen LogP contribution in [0.5, 0.6) is 0 Å². The van der Waals surface area contributed by atoms with Crippen molar-refractivity contribution in [1.82, 2.24) is 0 Å². The Balaban J connectivity index is 4.31. The average molecular weight is 311 g/mol. The molecule has 0 unspecified atom stereocenters. The molecule has 0 amide bonds. The Kier molecular flexibility index (Phi) is 11.6. The van der Waals surface area contributed by atoms with Crippen LogP contribution in [0.1, 0.15) is 66.2 Å². The molecular weight excluding hydrogens is 272 g/mol. The molecule has 0 fully saturated rings. The monoisotopic (exact) mass is 310 g/mol. The second-order valence-corrected chi connectivity index (χ2v) is 7.45. The van der Waals surface area contributed by atoms with Gasteiger partial charge in [-0.2, -0.15) is 0 Å². The minimum absolute atomic E-state index is 0.110. The maximum Gasteiger partial charge on any atom is 0.0602 e. The molecule has 0 spiro atoms. The predicted molar refractivity (Wildman–Crippen MR) is 96.8 cm³/mol. The van der Waals surface area contributed by atoms with Crippen molar-refractivity contribution in [1.29, 1.82) is 0 Å². The first-order chi connectivity index (χ1) is 10.3. The Morgan fingerprint density at radius 3 is 1.18 bits per heavy atom. The number of aliphatic hydroxyl groups excluding tert-OH is 2. The average Bonchev–Trinajstić information content (AvgIpc) is 2.46. The standard InChI is InChI=1S/C20H38O2/c1-7-17(19(21)13-9-15(3)4)11-12-18(8-2)20(22)14-10-16(5)6/h7-8,15-22H,1-2,9-14H2,3-6H3/t17-,18+,19+,20-. The highest BCUT2D eigenvalue weighted by Gasteiger charge is 2.21. The maximum atomic E-state index is 10.3. The quantitative estimate of drug-likeness (QED) is 0.472. The SMILES string of the molecule is C=C[C@H](CC[C@H](C=C)[C@H](O)CCC(C)C)[C@@H](O)CCC(C)C. The van der Waals surface area contributed by atoms with Crippen LogP contribution in [0.4, 0.5) is 0 Å². The van der Waals surface area contributed by atoms with Gasteiger partial charge in [0.2, 0.25) is 0 Å². The van der Waals surface area contributed by atoms with E-state index in [0.29, 0.717) is 11.8 Å². The van der Waals surface area contributed by atoms with E-state index in [4.69, 9.17) is 0 Å². The van der Waals surface area contributed by atoms with Gasteiger partial charge in [-0.25, -0.2) is 0 Å². The molecule has 0 aliphatic carbocycles. The van der Waals surface area contributed by atoms with Crippen LogP contribution in [-0.2, 0) is 0 Å². The highest BCUT2D eigenvalue weighted by atomic mass is 16.3. The smallest absolute Gasteiger partial charge is 0.0602 e. The molecule has 0 aliphatic heterocycles. The van der Waals surface area contributed by atoms with Crippen LogP contribution in [0.15, 0.2) is 25.3 Å². The van der Waals surface area contributed by atoms with E-state index in [-0.39, 0.29) is 24.0 Å². The van der Waals surface area contributed by atoms with E-state index in [1.165, 1.54) is 0 Å². The normalized spacial score (nSPS) is 17.3. The van der Waals surface area contributed by atoms with Crippen molar-refractivity contribution in [2.24, 2.45) is 23.7 Å². The summed E-state index contributed by atoms with van der Waals surface area (Å²) >= 11 is 0. The summed E-state index contributed by atoms with van der Waals surface area (Å²) in [6.07, 6.45) is 8.52. The zero-order valence-corrected chi connectivity index (χ0v) is 15.2. The fourth-order valence-corrected chi connectivity index (χ4v) is 2.76. The van der Waals surface area contributed by atoms with Gasteiger partial charge in [-0.1, -0.05) is 39.8 Å². The third-order valence-electron chi connectivity index (χ3n) is 4.51. The molecule has 2 heteroatoms. The van der Waals surface area contributed by atoms with Gasteiger partial charge >= 0.3 is 0 Å². The number of hydrogen-bond acceptors (Lipinski definition) is 2. The predicted octanol–water partition coefficient (Wildman–Crippen LogP) is 4.97. The van der Waals surface area contributed by atoms with E-state index in [9.17, 15) is 10.2 Å². The molecule has 0 radical (unpaired) electrons. The molecule has 0 aromatic carbocycles. The van der Waals surface area contributed by atoms with Gasteiger partial charge in [0.1, 0.15) is 0 Å². The van der Waals surface area contributed by atoms with Gasteiger partial charge < -0.3 is 10.2 Å². The molecule has 0 heterocycles. The Morgan fingerprint density at radius 2 is 0.955 bits per heavy atom. The third-order valence-corrected chi connectivity index (χ3v) is 4.51. The molecule has 0 bridgehead atoms. The van der Waals surface area contributed by atoms with Crippen LogP contribution in [0.3, 0.4) is 0 Å². The first kappa shape index (κ1) is 21.4. The first-order valence-electron chi connectivity index (χ1n) is 8.93. The summed E-state index contributed by atoms with van der Waals surface area (Å²) in [7, 11) is 0. The Labute approximate surface area is 138 Å². The fraction of sp³-hybridized carbons (Fsp3) is 0.800. The highest BCUT2D eigenvalue weighted by molar-refractivity contribution is 4.90. The second-order valence-electron chi connectivity index (χ2n) is 7.45. The van der Waals surface area contributed by atoms with Crippen LogP contribution >= 0.6 is 0 Å². The van der Waals surface area contributed by atoms with Crippen molar-refractivity contribution >= 4 is 0 Å². The van der Waals surface area contributed by atoms with Gasteiger partial charge in [0.05, 0.1) is 12.2 Å². The molecule has 0 aromatic heterocycles. The number of aliphatic hydroxyl groups is 2. The third kappa shape index (κ3) is 9.42. The highest BCUT2D eigenvalue weighted by Crippen LogP contribution is 2.25. The summed E-state index contributed by atoms with van der Waals surface area (Å²) in [5.74, 6) is 1.44. The van der Waals surface area contributed by atoms with E-state index < -0.39 is 0 Å². The van der Waals surface area contributed by atoms with Gasteiger partial charge in [-0.05, 0) is 50.4 Å². The van der Waals surface area contributed by atoms with Crippen molar-refractivity contribution < 1.29 is 10.2 Å². The Morgan fingerprint density at radius 1 is 0.636 bits per heavy atom. The van der Waals surface area contributed by atoms with Crippen LogP contribution in [0.25, 0.3) is 0 Å². The van der Waals surface area contributed by atoms with Gasteiger partial charge in [0.25, 0.3) is 0 Å². The summed E-state index contributed by atoms with van der Waals surface area (Å²) in [5.41, 5.74) is 0. The largest absolute Gasteiger partial charge is 0.393 e. The topological polar surface area (TPSA) is 40.5 Å². The van der Waals surface area contributed by atoms with Crippen molar-refractivity contribution in [3.63, 3.8) is 0 Å². The summed E-state index contributed by atoms with van der Waals surface area (Å²) in [6.45, 7) is 16.4. The van der Waals surface area contributed by atoms with E-state index in [0.717, 1.165) is 38.5 Å². The van der Waals surface area contributed by atoms with Crippen LogP contribution in [-0.4, -0.2) is 22.4 Å². The summed E-state index contributed by atoms with van der Waals surface area (Å²) in [5, 5.41) is 20.6. The molecule has 2 nitrogen and oxygen atoms in total. The molecule has 2 N–H and O–H groups in total. The lowest BCUT2D eigenvalue weighted by molar-refractivity contribution is 0.0868. The van der Waals surface area contributed by atoms with Crippen molar-refractivity contribution in [2.45, 2.75) is 78.4 Å². The first-order valence-corrected chi connectivity index (χ1v) is 8.93. The van der Waals surface area contributed by atoms with E-state index in [2.05, 4.69) is 40.9 Å². The van der Waals surface area contributed by atoms with Gasteiger partial charge in [0.15, 0.2) is 0 Å². The van der Waals surface area contributed by atoms with Crippen molar-refractivity contribution in [3.05, 3.63) is 25.3 Å². The van der Waals surface area contributed by atoms with Crippen molar-refractivity contribution in [3.8, 4) is 0 Å². The zero-order valence-electron chi connectivity index (χ0n) is 15.2. The minimum atomic E-state index is -0.321. The lowest BCUT2D eigenvalue weighted by Gasteiger charge is -2.25. The summed E-state index contributed by atoms with van der Waals surface area (Å²) < 4.78 is 0. The van der Waals surface area contributed by atoms with Crippen molar-refractivity contribution in [2.75, 3.05) is 0 Å². The molecule has 0 aliphatic rings. The molecule has 0 aromatic rings. The zero-order chi connectivity index (χ0) is 17.1. The van der Waals surface area contributed by atoms with Crippen LogP contribution < -0.4 is 0 Å². The fourth-order valence-electron chi connectivity index (χ4n) is 2.76. The summed E-state index contributed by atoms with van der Waals surface area (Å²) in [4.78, 5) is 0. The van der Waals surface area contributed by atoms with E-state index in [1.54, 1.807) is 0 Å². The summed E-state index contributed by atoms with van der Waals surface area (Å²) in [6, 6.07) is 0. The minimum Gasteiger partial charge on any atom is -0.393 e. The van der Waals surface area contributed by atoms with E-state index in [1.807, 2.05) is 12.2 Å². The Hall–Kier alpha value is -0.600. The molecule has 0 rings (SSSR count). The van der Waals surface area contributed by atoms with Gasteiger partial charge in [0, 0.05) is 11.8 Å². The molecule has 0 saturated carbocycles. The lowest BCUT2D eigenvalue weighted by atomic mass is 9.85. The molecule has 130 valence electrons. The van der Waals surface area contributed by atoms with E-state index >= 15 is 0 Å². The molecule has 0 saturated heterocycles. The second kappa shape index (κ2) is 11.9. The maximum absolute atomic E-state index is 10.3. The van der Waals surface area contributed by atoms with Crippen LogP contribution in [0, 0.1) is 23.7 Å². The molecule has 22 heavy (non-hydrogen) atoms. The number of rotatable bonds is 13.